The second-order valence-corrected chi connectivity index (χ2v) is 7.07. The van der Waals surface area contributed by atoms with Crippen molar-refractivity contribution in [1.29, 1.82) is 0 Å². The van der Waals surface area contributed by atoms with Crippen LogP contribution in [0.25, 0.3) is 0 Å². The molecule has 1 saturated heterocycles. The largest absolute Gasteiger partial charge is 0.324 e. The lowest BCUT2D eigenvalue weighted by atomic mass is 9.96. The summed E-state index contributed by atoms with van der Waals surface area (Å²) in [4.78, 5) is 4.21. The van der Waals surface area contributed by atoms with E-state index in [0.29, 0.717) is 11.5 Å². The number of nitrogens with two attached hydrogens (primary N) is 1. The Morgan fingerprint density at radius 2 is 2.29 bits per heavy atom. The molecule has 0 bridgehead atoms. The SMILES string of the molecule is Cc1ccc(C(N)CC2CCS(=O)(=O)C2)cn1. The molecule has 1 fully saturated rings. The second kappa shape index (κ2) is 4.74. The molecule has 1 aliphatic rings. The average molecular weight is 254 g/mol. The minimum absolute atomic E-state index is 0.110. The van der Waals surface area contributed by atoms with Crippen LogP contribution in [0, 0.1) is 12.8 Å². The van der Waals surface area contributed by atoms with E-state index in [1.54, 1.807) is 6.20 Å². The molecule has 94 valence electrons. The molecule has 0 aliphatic carbocycles. The van der Waals surface area contributed by atoms with Crippen LogP contribution >= 0.6 is 0 Å². The molecular formula is C12H18N2O2S. The van der Waals surface area contributed by atoms with Crippen molar-refractivity contribution >= 4 is 9.84 Å². The zero-order valence-electron chi connectivity index (χ0n) is 9.96. The van der Waals surface area contributed by atoms with Gasteiger partial charge in [-0.1, -0.05) is 6.07 Å². The van der Waals surface area contributed by atoms with Crippen LogP contribution in [0.1, 0.15) is 30.1 Å². The van der Waals surface area contributed by atoms with Crippen molar-refractivity contribution in [1.82, 2.24) is 4.98 Å². The predicted molar refractivity (Wildman–Crippen MR) is 67.3 cm³/mol. The fourth-order valence-electron chi connectivity index (χ4n) is 2.25. The highest BCUT2D eigenvalue weighted by atomic mass is 32.2. The molecule has 0 radical (unpaired) electrons. The van der Waals surface area contributed by atoms with Crippen LogP contribution in [0.15, 0.2) is 18.3 Å². The van der Waals surface area contributed by atoms with Gasteiger partial charge < -0.3 is 5.73 Å². The van der Waals surface area contributed by atoms with Crippen molar-refractivity contribution in [3.8, 4) is 0 Å². The molecule has 2 heterocycles. The molecule has 17 heavy (non-hydrogen) atoms. The van der Waals surface area contributed by atoms with Gasteiger partial charge in [0.1, 0.15) is 0 Å². The van der Waals surface area contributed by atoms with Crippen LogP contribution < -0.4 is 5.73 Å². The van der Waals surface area contributed by atoms with Gasteiger partial charge in [0.25, 0.3) is 0 Å². The Bertz CT molecular complexity index is 482. The number of aromatic nitrogens is 1. The fraction of sp³-hybridized carbons (Fsp3) is 0.583. The van der Waals surface area contributed by atoms with E-state index in [2.05, 4.69) is 4.98 Å². The third-order valence-electron chi connectivity index (χ3n) is 3.28. The quantitative estimate of drug-likeness (QED) is 0.880. The van der Waals surface area contributed by atoms with E-state index in [1.165, 1.54) is 0 Å². The summed E-state index contributed by atoms with van der Waals surface area (Å²) in [6, 6.07) is 3.79. The average Bonchev–Trinajstić information content (AvgIpc) is 2.59. The minimum Gasteiger partial charge on any atom is -0.324 e. The van der Waals surface area contributed by atoms with Crippen LogP contribution in [0.5, 0.6) is 0 Å². The van der Waals surface area contributed by atoms with E-state index < -0.39 is 9.84 Å². The highest BCUT2D eigenvalue weighted by molar-refractivity contribution is 7.91. The van der Waals surface area contributed by atoms with E-state index >= 15 is 0 Å². The van der Waals surface area contributed by atoms with Crippen molar-refractivity contribution in [2.24, 2.45) is 11.7 Å². The summed E-state index contributed by atoms with van der Waals surface area (Å²) in [5.41, 5.74) is 8.03. The third kappa shape index (κ3) is 3.26. The summed E-state index contributed by atoms with van der Waals surface area (Å²) in [5, 5.41) is 0. The number of pyridine rings is 1. The molecule has 1 aliphatic heterocycles. The van der Waals surface area contributed by atoms with Gasteiger partial charge in [-0.2, -0.15) is 0 Å². The van der Waals surface area contributed by atoms with Crippen LogP contribution in [0.2, 0.25) is 0 Å². The fourth-order valence-corrected chi connectivity index (χ4v) is 4.13. The summed E-state index contributed by atoms with van der Waals surface area (Å²) in [5.74, 6) is 0.813. The Hall–Kier alpha value is -0.940. The highest BCUT2D eigenvalue weighted by Gasteiger charge is 2.29. The van der Waals surface area contributed by atoms with Gasteiger partial charge in [0, 0.05) is 17.9 Å². The zero-order valence-corrected chi connectivity index (χ0v) is 10.8. The number of rotatable bonds is 3. The van der Waals surface area contributed by atoms with Gasteiger partial charge in [-0.05, 0) is 37.3 Å². The van der Waals surface area contributed by atoms with Gasteiger partial charge in [0.05, 0.1) is 11.5 Å². The molecule has 2 rings (SSSR count). The molecule has 1 aromatic heterocycles. The van der Waals surface area contributed by atoms with E-state index in [0.717, 1.165) is 24.1 Å². The number of aryl methyl sites for hydroxylation is 1. The topological polar surface area (TPSA) is 73.1 Å². The first-order valence-corrected chi connectivity index (χ1v) is 7.67. The van der Waals surface area contributed by atoms with Crippen LogP contribution in [0.4, 0.5) is 0 Å². The Kier molecular flexibility index (Phi) is 3.49. The van der Waals surface area contributed by atoms with Crippen molar-refractivity contribution in [3.63, 3.8) is 0 Å². The lowest BCUT2D eigenvalue weighted by molar-refractivity contribution is 0.480. The van der Waals surface area contributed by atoms with Gasteiger partial charge in [-0.25, -0.2) is 8.42 Å². The first-order chi connectivity index (χ1) is 7.96. The number of sulfone groups is 1. The summed E-state index contributed by atoms with van der Waals surface area (Å²) in [6.07, 6.45) is 3.25. The molecule has 0 saturated carbocycles. The lowest BCUT2D eigenvalue weighted by Crippen LogP contribution is -2.16. The second-order valence-electron chi connectivity index (χ2n) is 4.84. The van der Waals surface area contributed by atoms with Crippen molar-refractivity contribution in [3.05, 3.63) is 29.6 Å². The lowest BCUT2D eigenvalue weighted by Gasteiger charge is -2.15. The molecule has 2 N–H and O–H groups in total. The molecule has 5 heteroatoms. The summed E-state index contributed by atoms with van der Waals surface area (Å²) < 4.78 is 22.7. The number of hydrogen-bond donors (Lipinski definition) is 1. The van der Waals surface area contributed by atoms with E-state index in [4.69, 9.17) is 5.73 Å². The minimum atomic E-state index is -2.80. The molecule has 2 atom stereocenters. The Morgan fingerprint density at radius 3 is 2.82 bits per heavy atom. The molecule has 0 aromatic carbocycles. The van der Waals surface area contributed by atoms with Crippen molar-refractivity contribution in [2.45, 2.75) is 25.8 Å². The first kappa shape index (κ1) is 12.5. The third-order valence-corrected chi connectivity index (χ3v) is 5.11. The van der Waals surface area contributed by atoms with Crippen LogP contribution in [0.3, 0.4) is 0 Å². The highest BCUT2D eigenvalue weighted by Crippen LogP contribution is 2.27. The van der Waals surface area contributed by atoms with E-state index in [1.807, 2.05) is 19.1 Å². The van der Waals surface area contributed by atoms with Crippen LogP contribution in [-0.4, -0.2) is 24.9 Å². The first-order valence-electron chi connectivity index (χ1n) is 5.85. The van der Waals surface area contributed by atoms with Gasteiger partial charge in [-0.15, -0.1) is 0 Å². The maximum atomic E-state index is 11.4. The summed E-state index contributed by atoms with van der Waals surface area (Å²) in [7, 11) is -2.80. The molecule has 0 spiro atoms. The maximum absolute atomic E-state index is 11.4. The normalized spacial score (nSPS) is 24.7. The van der Waals surface area contributed by atoms with Crippen molar-refractivity contribution < 1.29 is 8.42 Å². The standard InChI is InChI=1S/C12H18N2O2S/c1-9-2-3-11(7-14-9)12(13)6-10-4-5-17(15,16)8-10/h2-3,7,10,12H,4-6,8,13H2,1H3. The molecular weight excluding hydrogens is 236 g/mol. The maximum Gasteiger partial charge on any atom is 0.150 e. The smallest absolute Gasteiger partial charge is 0.150 e. The van der Waals surface area contributed by atoms with Gasteiger partial charge in [-0.3, -0.25) is 4.98 Å². The predicted octanol–water partition coefficient (Wildman–Crippen LogP) is 1.21. The van der Waals surface area contributed by atoms with E-state index in [-0.39, 0.29) is 12.0 Å². The number of nitrogens with zero attached hydrogens (tertiary/aromatic N) is 1. The van der Waals surface area contributed by atoms with Crippen LogP contribution in [-0.2, 0) is 9.84 Å². The Morgan fingerprint density at radius 1 is 1.53 bits per heavy atom. The monoisotopic (exact) mass is 254 g/mol. The van der Waals surface area contributed by atoms with Crippen molar-refractivity contribution in [2.75, 3.05) is 11.5 Å². The molecule has 4 nitrogen and oxygen atoms in total. The summed E-state index contributed by atoms with van der Waals surface area (Å²) >= 11 is 0. The Labute approximate surface area is 102 Å². The number of hydrogen-bond acceptors (Lipinski definition) is 4. The molecule has 1 aromatic rings. The van der Waals surface area contributed by atoms with Gasteiger partial charge >= 0.3 is 0 Å². The molecule has 2 unspecified atom stereocenters. The summed E-state index contributed by atoms with van der Waals surface area (Å²) in [6.45, 7) is 1.93. The van der Waals surface area contributed by atoms with Gasteiger partial charge in [0.2, 0.25) is 0 Å². The molecule has 0 amide bonds. The van der Waals surface area contributed by atoms with Gasteiger partial charge in [0.15, 0.2) is 9.84 Å². The zero-order chi connectivity index (χ0) is 12.5. The van der Waals surface area contributed by atoms with E-state index in [9.17, 15) is 8.42 Å². The Balaban J connectivity index is 1.98.